The summed E-state index contributed by atoms with van der Waals surface area (Å²) in [4.78, 5) is 12.5. The minimum Gasteiger partial charge on any atom is -0.493 e. The van der Waals surface area contributed by atoms with Crippen molar-refractivity contribution in [3.63, 3.8) is 0 Å². The van der Waals surface area contributed by atoms with E-state index in [1.807, 2.05) is 54.6 Å². The van der Waals surface area contributed by atoms with E-state index in [1.165, 1.54) is 7.11 Å². The Morgan fingerprint density at radius 1 is 0.808 bits per heavy atom. The highest BCUT2D eigenvalue weighted by molar-refractivity contribution is 6.09. The lowest BCUT2D eigenvalue weighted by Crippen LogP contribution is -1.98. The quantitative estimate of drug-likeness (QED) is 0.513. The lowest BCUT2D eigenvalue weighted by molar-refractivity contribution is 0.105. The van der Waals surface area contributed by atoms with Crippen molar-refractivity contribution in [1.29, 1.82) is 0 Å². The van der Waals surface area contributed by atoms with Crippen LogP contribution < -0.4 is 9.47 Å². The summed E-state index contributed by atoms with van der Waals surface area (Å²) in [7, 11) is 3.09. The van der Waals surface area contributed by atoms with Gasteiger partial charge in [0.05, 0.1) is 14.2 Å². The molecule has 0 fully saturated rings. The van der Waals surface area contributed by atoms with Gasteiger partial charge >= 0.3 is 0 Å². The molecule has 3 aromatic carbocycles. The third-order valence-corrected chi connectivity index (χ3v) is 3.97. The van der Waals surface area contributed by atoms with Crippen molar-refractivity contribution >= 4 is 5.78 Å². The molecule has 0 saturated carbocycles. The highest BCUT2D eigenvalue weighted by Crippen LogP contribution is 2.27. The zero-order valence-corrected chi connectivity index (χ0v) is 14.7. The molecular formula is C23H18O3. The van der Waals surface area contributed by atoms with Gasteiger partial charge in [0, 0.05) is 11.1 Å². The highest BCUT2D eigenvalue weighted by atomic mass is 16.5. The number of carbonyl (C=O) groups excluding carboxylic acids is 1. The van der Waals surface area contributed by atoms with Crippen molar-refractivity contribution in [2.75, 3.05) is 14.2 Å². The number of carbonyl (C=O) groups is 1. The number of benzene rings is 3. The van der Waals surface area contributed by atoms with Gasteiger partial charge in [-0.1, -0.05) is 54.5 Å². The normalized spacial score (nSPS) is 9.77. The van der Waals surface area contributed by atoms with Crippen LogP contribution in [0.4, 0.5) is 0 Å². The zero-order valence-electron chi connectivity index (χ0n) is 14.7. The molecule has 26 heavy (non-hydrogen) atoms. The number of ether oxygens (including phenoxy) is 2. The Kier molecular flexibility index (Phi) is 5.36. The fraction of sp³-hybridized carbons (Fsp3) is 0.0870. The van der Waals surface area contributed by atoms with Crippen LogP contribution in [0.5, 0.6) is 11.5 Å². The number of methoxy groups -OCH3 is 2. The Hall–Kier alpha value is -3.51. The molecule has 0 atom stereocenters. The standard InChI is InChI=1S/C23H18O3/c1-25-22-15-13-19(16-23(22)26-2)21(24)14-12-18-10-6-7-11-20(18)17-8-4-3-5-9-17/h3-11,13,15-16H,1-2H3. The monoisotopic (exact) mass is 342 g/mol. The fourth-order valence-electron chi connectivity index (χ4n) is 2.64. The van der Waals surface area contributed by atoms with Gasteiger partial charge in [0.25, 0.3) is 0 Å². The summed E-state index contributed by atoms with van der Waals surface area (Å²) in [6.45, 7) is 0. The third kappa shape index (κ3) is 3.76. The average molecular weight is 342 g/mol. The third-order valence-electron chi connectivity index (χ3n) is 3.97. The summed E-state index contributed by atoms with van der Waals surface area (Å²) in [6, 6.07) is 22.8. The maximum atomic E-state index is 12.5. The van der Waals surface area contributed by atoms with Crippen LogP contribution in [0.3, 0.4) is 0 Å². The predicted molar refractivity (Wildman–Crippen MR) is 103 cm³/mol. The maximum absolute atomic E-state index is 12.5. The fourth-order valence-corrected chi connectivity index (χ4v) is 2.64. The molecule has 0 radical (unpaired) electrons. The van der Waals surface area contributed by atoms with Gasteiger partial charge in [-0.25, -0.2) is 0 Å². The van der Waals surface area contributed by atoms with Crippen LogP contribution in [0.15, 0.2) is 72.8 Å². The molecule has 0 aromatic heterocycles. The van der Waals surface area contributed by atoms with E-state index >= 15 is 0 Å². The molecule has 0 spiro atoms. The zero-order chi connectivity index (χ0) is 18.4. The number of hydrogen-bond donors (Lipinski definition) is 0. The molecule has 0 aliphatic carbocycles. The summed E-state index contributed by atoms with van der Waals surface area (Å²) in [6.07, 6.45) is 0. The van der Waals surface area contributed by atoms with Crippen LogP contribution in [-0.4, -0.2) is 20.0 Å². The number of Topliss-reactive ketones (excluding diaryl/α,β-unsaturated/α-hetero) is 1. The lowest BCUT2D eigenvalue weighted by atomic mass is 10.00. The minimum atomic E-state index is -0.270. The van der Waals surface area contributed by atoms with Gasteiger partial charge in [-0.15, -0.1) is 0 Å². The van der Waals surface area contributed by atoms with Gasteiger partial charge in [0.1, 0.15) is 0 Å². The van der Waals surface area contributed by atoms with Crippen molar-refractivity contribution in [3.05, 3.63) is 83.9 Å². The van der Waals surface area contributed by atoms with Gasteiger partial charge in [0.15, 0.2) is 11.5 Å². The first kappa shape index (κ1) is 17.3. The topological polar surface area (TPSA) is 35.5 Å². The van der Waals surface area contributed by atoms with Crippen molar-refractivity contribution < 1.29 is 14.3 Å². The van der Waals surface area contributed by atoms with E-state index in [0.717, 1.165) is 16.7 Å². The summed E-state index contributed by atoms with van der Waals surface area (Å²) in [5.74, 6) is 6.54. The Balaban J connectivity index is 1.92. The van der Waals surface area contributed by atoms with Gasteiger partial charge in [-0.3, -0.25) is 4.79 Å². The van der Waals surface area contributed by atoms with E-state index in [2.05, 4.69) is 11.8 Å². The van der Waals surface area contributed by atoms with E-state index in [0.29, 0.717) is 17.1 Å². The van der Waals surface area contributed by atoms with E-state index in [4.69, 9.17) is 9.47 Å². The van der Waals surface area contributed by atoms with E-state index in [1.54, 1.807) is 25.3 Å². The van der Waals surface area contributed by atoms with Crippen LogP contribution in [-0.2, 0) is 0 Å². The molecule has 0 bridgehead atoms. The van der Waals surface area contributed by atoms with Crippen LogP contribution >= 0.6 is 0 Å². The first-order valence-electron chi connectivity index (χ1n) is 8.15. The Morgan fingerprint density at radius 3 is 2.23 bits per heavy atom. The molecule has 0 heterocycles. The number of ketones is 1. The largest absolute Gasteiger partial charge is 0.493 e. The van der Waals surface area contributed by atoms with Gasteiger partial charge < -0.3 is 9.47 Å². The molecule has 0 N–H and O–H groups in total. The molecule has 128 valence electrons. The van der Waals surface area contributed by atoms with Crippen molar-refractivity contribution in [2.45, 2.75) is 0 Å². The van der Waals surface area contributed by atoms with E-state index in [-0.39, 0.29) is 5.78 Å². The van der Waals surface area contributed by atoms with Gasteiger partial charge in [-0.2, -0.15) is 0 Å². The van der Waals surface area contributed by atoms with Gasteiger partial charge in [0.2, 0.25) is 5.78 Å². The summed E-state index contributed by atoms with van der Waals surface area (Å²) >= 11 is 0. The minimum absolute atomic E-state index is 0.270. The summed E-state index contributed by atoms with van der Waals surface area (Å²) in [5.41, 5.74) is 3.34. The van der Waals surface area contributed by atoms with Gasteiger partial charge in [-0.05, 0) is 41.3 Å². The molecule has 3 aromatic rings. The predicted octanol–water partition coefficient (Wildman–Crippen LogP) is 4.61. The highest BCUT2D eigenvalue weighted by Gasteiger charge is 2.09. The molecule has 0 aliphatic rings. The molecule has 0 saturated heterocycles. The number of rotatable bonds is 4. The Labute approximate surface area is 153 Å². The van der Waals surface area contributed by atoms with Crippen LogP contribution in [0.25, 0.3) is 11.1 Å². The van der Waals surface area contributed by atoms with Crippen molar-refractivity contribution in [1.82, 2.24) is 0 Å². The van der Waals surface area contributed by atoms with E-state index < -0.39 is 0 Å². The average Bonchev–Trinajstić information content (AvgIpc) is 2.72. The second-order valence-corrected chi connectivity index (χ2v) is 5.56. The Morgan fingerprint density at radius 2 is 1.50 bits per heavy atom. The number of hydrogen-bond acceptors (Lipinski definition) is 3. The molecule has 3 rings (SSSR count). The molecular weight excluding hydrogens is 324 g/mol. The lowest BCUT2D eigenvalue weighted by Gasteiger charge is -2.07. The van der Waals surface area contributed by atoms with Crippen LogP contribution in [0.2, 0.25) is 0 Å². The second-order valence-electron chi connectivity index (χ2n) is 5.56. The molecule has 3 heteroatoms. The first-order chi connectivity index (χ1) is 12.7. The van der Waals surface area contributed by atoms with Crippen molar-refractivity contribution in [3.8, 4) is 34.5 Å². The molecule has 0 amide bonds. The summed E-state index contributed by atoms with van der Waals surface area (Å²) in [5, 5.41) is 0. The first-order valence-corrected chi connectivity index (χ1v) is 8.15. The maximum Gasteiger partial charge on any atom is 0.236 e. The molecule has 0 aliphatic heterocycles. The molecule has 3 nitrogen and oxygen atoms in total. The SMILES string of the molecule is COc1ccc(C(=O)C#Cc2ccccc2-c2ccccc2)cc1OC. The Bertz CT molecular complexity index is 979. The second kappa shape index (κ2) is 8.04. The van der Waals surface area contributed by atoms with Crippen LogP contribution in [0, 0.1) is 11.8 Å². The van der Waals surface area contributed by atoms with Crippen LogP contribution in [0.1, 0.15) is 15.9 Å². The van der Waals surface area contributed by atoms with Crippen molar-refractivity contribution in [2.24, 2.45) is 0 Å². The summed E-state index contributed by atoms with van der Waals surface area (Å²) < 4.78 is 10.4. The van der Waals surface area contributed by atoms with E-state index in [9.17, 15) is 4.79 Å². The smallest absolute Gasteiger partial charge is 0.236 e. The molecule has 0 unspecified atom stereocenters.